The number of amides is 1. The second kappa shape index (κ2) is 6.89. The van der Waals surface area contributed by atoms with Crippen molar-refractivity contribution in [2.45, 2.75) is 20.8 Å². The van der Waals surface area contributed by atoms with Crippen molar-refractivity contribution >= 4 is 17.7 Å². The summed E-state index contributed by atoms with van der Waals surface area (Å²) >= 11 is 0. The van der Waals surface area contributed by atoms with E-state index in [2.05, 4.69) is 10.5 Å². The lowest BCUT2D eigenvalue weighted by Gasteiger charge is -2.21. The third-order valence-corrected chi connectivity index (χ3v) is 2.66. The molecule has 106 valence electrons. The molecule has 7 nitrogen and oxygen atoms in total. The van der Waals surface area contributed by atoms with E-state index in [0.717, 1.165) is 0 Å². The Morgan fingerprint density at radius 1 is 1.58 bits per heavy atom. The Bertz CT molecular complexity index is 444. The molecule has 1 unspecified atom stereocenters. The van der Waals surface area contributed by atoms with Gasteiger partial charge in [-0.3, -0.25) is 14.5 Å². The van der Waals surface area contributed by atoms with E-state index in [1.807, 2.05) is 6.92 Å². The molecule has 0 aliphatic heterocycles. The van der Waals surface area contributed by atoms with E-state index < -0.39 is 11.9 Å². The highest BCUT2D eigenvalue weighted by Crippen LogP contribution is 2.07. The summed E-state index contributed by atoms with van der Waals surface area (Å²) in [5, 5.41) is 15.1. The summed E-state index contributed by atoms with van der Waals surface area (Å²) in [6, 6.07) is 1.62. The summed E-state index contributed by atoms with van der Waals surface area (Å²) in [4.78, 5) is 24.3. The number of carbonyl (C=O) groups is 2. The van der Waals surface area contributed by atoms with Crippen LogP contribution in [-0.4, -0.2) is 46.7 Å². The van der Waals surface area contributed by atoms with Gasteiger partial charge < -0.3 is 14.9 Å². The van der Waals surface area contributed by atoms with Gasteiger partial charge in [0.25, 0.3) is 0 Å². The van der Waals surface area contributed by atoms with Gasteiger partial charge in [0, 0.05) is 12.6 Å². The second-order valence-electron chi connectivity index (χ2n) is 4.44. The smallest absolute Gasteiger partial charge is 0.307 e. The van der Waals surface area contributed by atoms with Crippen LogP contribution in [0.15, 0.2) is 10.6 Å². The Balaban J connectivity index is 2.46. The zero-order valence-electron chi connectivity index (χ0n) is 11.3. The van der Waals surface area contributed by atoms with Gasteiger partial charge in [0.05, 0.1) is 12.5 Å². The molecule has 0 bridgehead atoms. The van der Waals surface area contributed by atoms with Gasteiger partial charge in [0.2, 0.25) is 5.91 Å². The Morgan fingerprint density at radius 3 is 2.74 bits per heavy atom. The van der Waals surface area contributed by atoms with Crippen molar-refractivity contribution in [3.05, 3.63) is 11.8 Å². The molecule has 1 aromatic rings. The van der Waals surface area contributed by atoms with Crippen LogP contribution in [0.2, 0.25) is 0 Å². The largest absolute Gasteiger partial charge is 0.481 e. The molecule has 1 rings (SSSR count). The number of carboxylic acid groups (broad SMARTS) is 1. The second-order valence-corrected chi connectivity index (χ2v) is 4.44. The predicted molar refractivity (Wildman–Crippen MR) is 68.8 cm³/mol. The van der Waals surface area contributed by atoms with Crippen molar-refractivity contribution in [3.63, 3.8) is 0 Å². The average molecular weight is 269 g/mol. The highest BCUT2D eigenvalue weighted by atomic mass is 16.5. The fraction of sp³-hybridized carbons (Fsp3) is 0.583. The number of carbonyl (C=O) groups excluding carboxylic acids is 1. The molecule has 1 amide bonds. The lowest BCUT2D eigenvalue weighted by Crippen LogP contribution is -2.37. The van der Waals surface area contributed by atoms with Gasteiger partial charge in [-0.1, -0.05) is 19.0 Å². The van der Waals surface area contributed by atoms with Gasteiger partial charge in [0.1, 0.15) is 5.76 Å². The normalized spacial score (nSPS) is 12.4. The fourth-order valence-electron chi connectivity index (χ4n) is 1.58. The monoisotopic (exact) mass is 269 g/mol. The standard InChI is InChI=1S/C12H19N3O4/c1-4-15(6-8(2)12(17)18)7-11(16)13-10-5-9(3)19-14-10/h5,8H,4,6-7H2,1-3H3,(H,17,18)(H,13,14,16). The first-order chi connectivity index (χ1) is 8.92. The molecule has 1 heterocycles. The number of likely N-dealkylation sites (N-methyl/N-ethyl adjacent to an activating group) is 1. The van der Waals surface area contributed by atoms with Crippen LogP contribution >= 0.6 is 0 Å². The van der Waals surface area contributed by atoms with E-state index in [0.29, 0.717) is 24.7 Å². The van der Waals surface area contributed by atoms with E-state index in [1.54, 1.807) is 24.8 Å². The van der Waals surface area contributed by atoms with Crippen LogP contribution in [0.25, 0.3) is 0 Å². The van der Waals surface area contributed by atoms with Gasteiger partial charge in [-0.15, -0.1) is 0 Å². The third-order valence-electron chi connectivity index (χ3n) is 2.66. The summed E-state index contributed by atoms with van der Waals surface area (Å²) in [6.45, 7) is 6.28. The van der Waals surface area contributed by atoms with Crippen LogP contribution in [0, 0.1) is 12.8 Å². The minimum atomic E-state index is -0.869. The van der Waals surface area contributed by atoms with Crippen LogP contribution in [0.3, 0.4) is 0 Å². The molecule has 0 radical (unpaired) electrons. The first-order valence-electron chi connectivity index (χ1n) is 6.10. The summed E-state index contributed by atoms with van der Waals surface area (Å²) < 4.78 is 4.84. The molecular weight excluding hydrogens is 250 g/mol. The van der Waals surface area contributed by atoms with Crippen LogP contribution < -0.4 is 5.32 Å². The Hall–Kier alpha value is -1.89. The number of hydrogen-bond acceptors (Lipinski definition) is 5. The highest BCUT2D eigenvalue weighted by molar-refractivity contribution is 5.91. The van der Waals surface area contributed by atoms with Crippen LogP contribution in [0.5, 0.6) is 0 Å². The summed E-state index contributed by atoms with van der Waals surface area (Å²) in [7, 11) is 0. The molecule has 0 saturated carbocycles. The minimum Gasteiger partial charge on any atom is -0.481 e. The van der Waals surface area contributed by atoms with Crippen molar-refractivity contribution in [2.75, 3.05) is 25.0 Å². The molecule has 0 aliphatic carbocycles. The zero-order chi connectivity index (χ0) is 14.4. The molecule has 0 saturated heterocycles. The molecule has 7 heteroatoms. The van der Waals surface area contributed by atoms with Crippen molar-refractivity contribution in [1.82, 2.24) is 10.1 Å². The lowest BCUT2D eigenvalue weighted by molar-refractivity contribution is -0.142. The maximum atomic E-state index is 11.8. The van der Waals surface area contributed by atoms with Crippen LogP contribution in [0.1, 0.15) is 19.6 Å². The molecule has 0 spiro atoms. The molecule has 0 aliphatic rings. The van der Waals surface area contributed by atoms with Crippen LogP contribution in [-0.2, 0) is 9.59 Å². The van der Waals surface area contributed by atoms with E-state index in [-0.39, 0.29) is 12.5 Å². The summed E-state index contributed by atoms with van der Waals surface area (Å²) in [5.74, 6) is -0.646. The number of nitrogens with one attached hydrogen (secondary N) is 1. The first kappa shape index (κ1) is 15.2. The van der Waals surface area contributed by atoms with E-state index in [1.165, 1.54) is 0 Å². The zero-order valence-corrected chi connectivity index (χ0v) is 11.3. The molecular formula is C12H19N3O4. The van der Waals surface area contributed by atoms with E-state index in [9.17, 15) is 9.59 Å². The number of carboxylic acids is 1. The Morgan fingerprint density at radius 2 is 2.26 bits per heavy atom. The Labute approximate surface area is 111 Å². The molecule has 0 fully saturated rings. The third kappa shape index (κ3) is 5.09. The minimum absolute atomic E-state index is 0.125. The average Bonchev–Trinajstić information content (AvgIpc) is 2.73. The summed E-state index contributed by atoms with van der Waals surface area (Å²) in [6.07, 6.45) is 0. The van der Waals surface area contributed by atoms with E-state index >= 15 is 0 Å². The number of aryl methyl sites for hydroxylation is 1. The fourth-order valence-corrected chi connectivity index (χ4v) is 1.58. The molecule has 0 aromatic carbocycles. The lowest BCUT2D eigenvalue weighted by atomic mass is 10.1. The number of nitrogens with zero attached hydrogens (tertiary/aromatic N) is 2. The van der Waals surface area contributed by atoms with Gasteiger partial charge in [0.15, 0.2) is 5.82 Å². The number of aromatic nitrogens is 1. The maximum absolute atomic E-state index is 11.8. The summed E-state index contributed by atoms with van der Waals surface area (Å²) in [5.41, 5.74) is 0. The van der Waals surface area contributed by atoms with Crippen molar-refractivity contribution in [2.24, 2.45) is 5.92 Å². The van der Waals surface area contributed by atoms with Gasteiger partial charge >= 0.3 is 5.97 Å². The van der Waals surface area contributed by atoms with E-state index in [4.69, 9.17) is 9.63 Å². The molecule has 19 heavy (non-hydrogen) atoms. The molecule has 1 aromatic heterocycles. The highest BCUT2D eigenvalue weighted by Gasteiger charge is 2.17. The van der Waals surface area contributed by atoms with Crippen LogP contribution in [0.4, 0.5) is 5.82 Å². The maximum Gasteiger partial charge on any atom is 0.307 e. The van der Waals surface area contributed by atoms with Crippen molar-refractivity contribution < 1.29 is 19.2 Å². The van der Waals surface area contributed by atoms with Gasteiger partial charge in [-0.25, -0.2) is 0 Å². The van der Waals surface area contributed by atoms with Crippen molar-refractivity contribution in [1.29, 1.82) is 0 Å². The quantitative estimate of drug-likeness (QED) is 0.765. The first-order valence-corrected chi connectivity index (χ1v) is 6.10. The predicted octanol–water partition coefficient (Wildman–Crippen LogP) is 0.964. The van der Waals surface area contributed by atoms with Gasteiger partial charge in [-0.05, 0) is 13.5 Å². The SMILES string of the molecule is CCN(CC(=O)Nc1cc(C)on1)CC(C)C(=O)O. The number of anilines is 1. The topological polar surface area (TPSA) is 95.7 Å². The number of aliphatic carboxylic acids is 1. The van der Waals surface area contributed by atoms with Crippen molar-refractivity contribution in [3.8, 4) is 0 Å². The van der Waals surface area contributed by atoms with Gasteiger partial charge in [-0.2, -0.15) is 0 Å². The molecule has 2 N–H and O–H groups in total. The number of rotatable bonds is 7. The molecule has 1 atom stereocenters. The Kier molecular flexibility index (Phi) is 5.50. The number of hydrogen-bond donors (Lipinski definition) is 2.